The van der Waals surface area contributed by atoms with E-state index < -0.39 is 53.3 Å². The number of aliphatic hydroxyl groups excluding tert-OH is 1. The topological polar surface area (TPSA) is 124 Å². The van der Waals surface area contributed by atoms with E-state index in [0.29, 0.717) is 0 Å². The van der Waals surface area contributed by atoms with Crippen molar-refractivity contribution in [1.82, 2.24) is 0 Å². The highest BCUT2D eigenvalue weighted by atomic mass is 16.4. The summed E-state index contributed by atoms with van der Waals surface area (Å²) in [5.74, 6) is -3.56. The maximum atomic E-state index is 10.6. The molecule has 1 aromatic rings. The molecule has 0 aliphatic heterocycles. The van der Waals surface area contributed by atoms with Gasteiger partial charge in [-0.2, -0.15) is 0 Å². The monoisotopic (exact) mass is 216 g/mol. The molecule has 0 aromatic heterocycles. The highest BCUT2D eigenvalue weighted by Crippen LogP contribution is 2.28. The van der Waals surface area contributed by atoms with Gasteiger partial charge in [0, 0.05) is 0 Å². The van der Waals surface area contributed by atoms with Crippen LogP contribution in [0.15, 0.2) is 18.1 Å². The first kappa shape index (κ1) is 7.49. The number of phenols is 2. The van der Waals surface area contributed by atoms with Crippen LogP contribution in [-0.4, -0.2) is 32.4 Å². The second kappa shape index (κ2) is 4.16. The number of carboxylic acids is 1. The van der Waals surface area contributed by atoms with Gasteiger partial charge in [0.1, 0.15) is 12.1 Å². The van der Waals surface area contributed by atoms with Gasteiger partial charge in [-0.05, 0) is 17.6 Å². The minimum absolute atomic E-state index is 0.620. The Hall–Kier alpha value is -1.79. The van der Waals surface area contributed by atoms with Crippen molar-refractivity contribution in [2.75, 3.05) is 0 Å². The molecule has 0 aliphatic rings. The maximum absolute atomic E-state index is 10.6. The van der Waals surface area contributed by atoms with Gasteiger partial charge in [-0.15, -0.1) is 0 Å². The van der Waals surface area contributed by atoms with E-state index in [1.54, 1.807) is 0 Å². The van der Waals surface area contributed by atoms with Crippen molar-refractivity contribution in [2.24, 2.45) is 5.73 Å². The highest BCUT2D eigenvalue weighted by molar-refractivity contribution is 5.74. The molecule has 15 heavy (non-hydrogen) atoms. The summed E-state index contributed by atoms with van der Waals surface area (Å²) < 4.78 is 22.2. The third-order valence-electron chi connectivity index (χ3n) is 1.71. The second-order valence-electron chi connectivity index (χ2n) is 2.79. The van der Waals surface area contributed by atoms with E-state index in [2.05, 4.69) is 0 Å². The van der Waals surface area contributed by atoms with Gasteiger partial charge in [0.2, 0.25) is 0 Å². The van der Waals surface area contributed by atoms with Crippen LogP contribution in [0.3, 0.4) is 0 Å². The predicted octanol–water partition coefficient (Wildman–Crippen LogP) is -0.457. The Morgan fingerprint density at radius 1 is 1.40 bits per heavy atom. The number of phenolic OH excluding ortho intramolecular Hbond substituents is 2. The number of carboxylic acid groups (broad SMARTS) is 1. The van der Waals surface area contributed by atoms with Crippen molar-refractivity contribution in [1.29, 1.82) is 0 Å². The van der Waals surface area contributed by atoms with Crippen LogP contribution in [-0.2, 0) is 4.79 Å². The Labute approximate surface area is 89.4 Å². The predicted molar refractivity (Wildman–Crippen MR) is 50.3 cm³/mol. The van der Waals surface area contributed by atoms with E-state index in [4.69, 9.17) is 15.0 Å². The largest absolute Gasteiger partial charge is 0.504 e. The minimum atomic E-state index is -1.95. The van der Waals surface area contributed by atoms with Gasteiger partial charge in [0.25, 0.3) is 0 Å². The van der Waals surface area contributed by atoms with Crippen LogP contribution in [0.4, 0.5) is 0 Å². The molecular formula is C9H11NO5. The lowest BCUT2D eigenvalue weighted by Gasteiger charge is -2.15. The highest BCUT2D eigenvalue weighted by Gasteiger charge is 2.24. The average molecular weight is 216 g/mol. The SMILES string of the molecule is [2H]c1c([2H])c([C@@H](O)[C@@H](N)C(=O)O)c([2H])c(O)c1O. The number of aromatic hydroxyl groups is 2. The van der Waals surface area contributed by atoms with Crippen molar-refractivity contribution in [3.05, 3.63) is 23.7 Å². The molecule has 0 spiro atoms. The molecule has 1 rings (SSSR count). The van der Waals surface area contributed by atoms with Crippen LogP contribution in [0, 0.1) is 0 Å². The summed E-state index contributed by atoms with van der Waals surface area (Å²) in [6.45, 7) is 0. The fourth-order valence-electron chi connectivity index (χ4n) is 0.866. The summed E-state index contributed by atoms with van der Waals surface area (Å²) in [6, 6.07) is -4.24. The average Bonchev–Trinajstić information content (AvgIpc) is 2.32. The van der Waals surface area contributed by atoms with E-state index >= 15 is 0 Å². The van der Waals surface area contributed by atoms with E-state index in [-0.39, 0.29) is 0 Å². The molecule has 0 aliphatic carbocycles. The number of nitrogens with two attached hydrogens (primary N) is 1. The van der Waals surface area contributed by atoms with Crippen LogP contribution in [0.5, 0.6) is 11.5 Å². The molecular weight excluding hydrogens is 202 g/mol. The van der Waals surface area contributed by atoms with Crippen molar-refractivity contribution in [2.45, 2.75) is 12.1 Å². The Bertz CT molecular complexity index is 478. The molecule has 0 radical (unpaired) electrons. The summed E-state index contributed by atoms with van der Waals surface area (Å²) in [5.41, 5.74) is 4.53. The molecule has 1 aromatic carbocycles. The lowest BCUT2D eigenvalue weighted by molar-refractivity contribution is -0.141. The third kappa shape index (κ3) is 2.36. The van der Waals surface area contributed by atoms with Crippen molar-refractivity contribution in [3.8, 4) is 11.5 Å². The molecule has 6 N–H and O–H groups in total. The van der Waals surface area contributed by atoms with Gasteiger partial charge in [-0.3, -0.25) is 4.79 Å². The van der Waals surface area contributed by atoms with Crippen LogP contribution >= 0.6 is 0 Å². The zero-order valence-electron chi connectivity index (χ0n) is 10.4. The molecule has 0 heterocycles. The number of rotatable bonds is 3. The lowest BCUT2D eigenvalue weighted by atomic mass is 10.0. The first-order valence-corrected chi connectivity index (χ1v) is 3.88. The molecule has 0 amide bonds. The van der Waals surface area contributed by atoms with Crippen molar-refractivity contribution >= 4 is 5.97 Å². The van der Waals surface area contributed by atoms with Gasteiger partial charge in [-0.1, -0.05) is 6.04 Å². The quantitative estimate of drug-likeness (QED) is 0.436. The van der Waals surface area contributed by atoms with Gasteiger partial charge in [0.15, 0.2) is 11.5 Å². The molecule has 6 nitrogen and oxygen atoms in total. The summed E-state index contributed by atoms with van der Waals surface area (Å²) in [7, 11) is 0. The molecule has 0 saturated heterocycles. The standard InChI is InChI=1S/C9H11NO5/c10-7(9(14)15)8(13)4-1-2-5(11)6(12)3-4/h1-3,7-8,11-13H,10H2,(H,14,15)/t7-,8-/m1/s1/i1D,2D,3D. The normalized spacial score (nSPS) is 17.3. The number of hydrogen-bond acceptors (Lipinski definition) is 5. The summed E-state index contributed by atoms with van der Waals surface area (Å²) in [5, 5.41) is 36.8. The molecule has 2 atom stereocenters. The van der Waals surface area contributed by atoms with Crippen LogP contribution < -0.4 is 5.73 Å². The second-order valence-corrected chi connectivity index (χ2v) is 2.79. The summed E-state index contributed by atoms with van der Waals surface area (Å²) in [6.07, 6.45) is -1.95. The molecule has 0 unspecified atom stereocenters. The summed E-state index contributed by atoms with van der Waals surface area (Å²) in [4.78, 5) is 10.6. The first-order valence-electron chi connectivity index (χ1n) is 5.38. The van der Waals surface area contributed by atoms with Gasteiger partial charge < -0.3 is 26.2 Å². The van der Waals surface area contributed by atoms with E-state index in [0.717, 1.165) is 0 Å². The molecule has 6 heteroatoms. The number of aliphatic hydroxyl groups is 1. The van der Waals surface area contributed by atoms with Crippen molar-refractivity contribution in [3.63, 3.8) is 0 Å². The molecule has 82 valence electrons. The third-order valence-corrected chi connectivity index (χ3v) is 1.71. The Morgan fingerprint density at radius 2 is 2.00 bits per heavy atom. The van der Waals surface area contributed by atoms with Gasteiger partial charge >= 0.3 is 5.97 Å². The Kier molecular flexibility index (Phi) is 2.08. The minimum Gasteiger partial charge on any atom is -0.504 e. The zero-order valence-corrected chi connectivity index (χ0v) is 7.43. The number of benzene rings is 1. The van der Waals surface area contributed by atoms with E-state index in [1.165, 1.54) is 0 Å². The van der Waals surface area contributed by atoms with Crippen LogP contribution in [0.2, 0.25) is 0 Å². The van der Waals surface area contributed by atoms with Crippen molar-refractivity contribution < 1.29 is 29.3 Å². The molecule has 0 saturated carbocycles. The Morgan fingerprint density at radius 3 is 2.53 bits per heavy atom. The number of carbonyl (C=O) groups is 1. The first-order chi connectivity index (χ1) is 8.20. The van der Waals surface area contributed by atoms with Gasteiger partial charge in [0.05, 0.1) is 4.11 Å². The maximum Gasteiger partial charge on any atom is 0.323 e. The number of hydrogen-bond donors (Lipinski definition) is 5. The number of aliphatic carboxylic acids is 1. The summed E-state index contributed by atoms with van der Waals surface area (Å²) >= 11 is 0. The zero-order chi connectivity index (χ0) is 14.2. The fraction of sp³-hybridized carbons (Fsp3) is 0.222. The van der Waals surface area contributed by atoms with Crippen LogP contribution in [0.1, 0.15) is 15.8 Å². The van der Waals surface area contributed by atoms with E-state index in [1.807, 2.05) is 0 Å². The van der Waals surface area contributed by atoms with Gasteiger partial charge in [-0.25, -0.2) is 0 Å². The van der Waals surface area contributed by atoms with E-state index in [9.17, 15) is 20.1 Å². The Balaban J connectivity index is 3.46. The fourth-order valence-corrected chi connectivity index (χ4v) is 0.866. The molecule has 0 bridgehead atoms. The lowest BCUT2D eigenvalue weighted by Crippen LogP contribution is -2.36. The van der Waals surface area contributed by atoms with Crippen LogP contribution in [0.25, 0.3) is 0 Å². The molecule has 0 fully saturated rings. The smallest absolute Gasteiger partial charge is 0.323 e.